The molecule has 1 aliphatic heterocycles. The summed E-state index contributed by atoms with van der Waals surface area (Å²) in [5.74, 6) is -1.78. The SMILES string of the molecule is O=C(O)C[C@H]1C=CC[C@H](NC(=O)Cc2cccs2)B(O)O1. The monoisotopic (exact) mass is 309 g/mol. The molecule has 1 aromatic heterocycles. The summed E-state index contributed by atoms with van der Waals surface area (Å²) in [6.07, 6.45) is 3.07. The molecule has 0 spiro atoms. The molecule has 0 radical (unpaired) electrons. The number of aliphatic carboxylic acids is 1. The highest BCUT2D eigenvalue weighted by Crippen LogP contribution is 2.13. The Labute approximate surface area is 126 Å². The third-order valence-electron chi connectivity index (χ3n) is 3.04. The van der Waals surface area contributed by atoms with Crippen molar-refractivity contribution in [2.75, 3.05) is 0 Å². The summed E-state index contributed by atoms with van der Waals surface area (Å²) in [6.45, 7) is 0. The van der Waals surface area contributed by atoms with Crippen molar-refractivity contribution in [2.45, 2.75) is 31.3 Å². The van der Waals surface area contributed by atoms with Crippen LogP contribution in [0.3, 0.4) is 0 Å². The van der Waals surface area contributed by atoms with Gasteiger partial charge in [0.25, 0.3) is 0 Å². The lowest BCUT2D eigenvalue weighted by Crippen LogP contribution is -2.48. The van der Waals surface area contributed by atoms with E-state index in [2.05, 4.69) is 5.32 Å². The van der Waals surface area contributed by atoms with E-state index in [1.165, 1.54) is 11.3 Å². The van der Waals surface area contributed by atoms with E-state index >= 15 is 0 Å². The summed E-state index contributed by atoms with van der Waals surface area (Å²) in [7, 11) is -1.23. The van der Waals surface area contributed by atoms with Gasteiger partial charge in [0, 0.05) is 4.88 Å². The lowest BCUT2D eigenvalue weighted by Gasteiger charge is -2.20. The summed E-state index contributed by atoms with van der Waals surface area (Å²) in [4.78, 5) is 23.5. The molecule has 0 bridgehead atoms. The molecule has 21 heavy (non-hydrogen) atoms. The van der Waals surface area contributed by atoms with Crippen molar-refractivity contribution >= 4 is 30.3 Å². The van der Waals surface area contributed by atoms with E-state index in [0.29, 0.717) is 6.42 Å². The van der Waals surface area contributed by atoms with Gasteiger partial charge in [0.05, 0.1) is 24.9 Å². The zero-order valence-corrected chi connectivity index (χ0v) is 12.1. The normalized spacial score (nSPS) is 21.9. The highest BCUT2D eigenvalue weighted by molar-refractivity contribution is 7.10. The van der Waals surface area contributed by atoms with Crippen LogP contribution in [0.15, 0.2) is 29.7 Å². The lowest BCUT2D eigenvalue weighted by atomic mass is 9.77. The van der Waals surface area contributed by atoms with Crippen LogP contribution in [0.5, 0.6) is 0 Å². The molecule has 3 N–H and O–H groups in total. The van der Waals surface area contributed by atoms with Gasteiger partial charge in [-0.25, -0.2) is 0 Å². The van der Waals surface area contributed by atoms with E-state index in [-0.39, 0.29) is 18.7 Å². The molecule has 1 aliphatic rings. The second kappa shape index (κ2) is 7.40. The standard InChI is InChI=1S/C13H16BNO5S/c16-12(8-10-4-2-6-21-10)15-11-5-1-3-9(7-13(17)18)20-14(11)19/h1-4,6,9,11,19H,5,7-8H2,(H,15,16)(H,17,18)/t9-,11+/m1/s1. The minimum atomic E-state index is -1.23. The Bertz CT molecular complexity index is 519. The molecule has 8 heteroatoms. The van der Waals surface area contributed by atoms with Crippen molar-refractivity contribution in [1.29, 1.82) is 0 Å². The number of hydrogen-bond acceptors (Lipinski definition) is 5. The van der Waals surface area contributed by atoms with Crippen LogP contribution in [0.1, 0.15) is 17.7 Å². The average Bonchev–Trinajstić information content (AvgIpc) is 2.83. The number of carbonyl (C=O) groups is 2. The van der Waals surface area contributed by atoms with Gasteiger partial charge in [0.1, 0.15) is 0 Å². The Morgan fingerprint density at radius 1 is 1.52 bits per heavy atom. The summed E-state index contributed by atoms with van der Waals surface area (Å²) < 4.78 is 5.25. The van der Waals surface area contributed by atoms with Crippen LogP contribution in [0.25, 0.3) is 0 Å². The molecule has 2 rings (SSSR count). The number of nitrogens with one attached hydrogen (secondary N) is 1. The Morgan fingerprint density at radius 3 is 3.00 bits per heavy atom. The fourth-order valence-electron chi connectivity index (χ4n) is 2.06. The topological polar surface area (TPSA) is 95.9 Å². The second-order valence-electron chi connectivity index (χ2n) is 4.76. The van der Waals surface area contributed by atoms with Crippen molar-refractivity contribution in [3.8, 4) is 0 Å². The molecule has 0 unspecified atom stereocenters. The van der Waals surface area contributed by atoms with Crippen molar-refractivity contribution in [2.24, 2.45) is 0 Å². The predicted octanol–water partition coefficient (Wildman–Crippen LogP) is 0.615. The second-order valence-corrected chi connectivity index (χ2v) is 5.79. The predicted molar refractivity (Wildman–Crippen MR) is 78.8 cm³/mol. The third-order valence-corrected chi connectivity index (χ3v) is 3.91. The smallest absolute Gasteiger partial charge is 0.478 e. The number of carbonyl (C=O) groups excluding carboxylic acids is 1. The Kier molecular flexibility index (Phi) is 5.55. The van der Waals surface area contributed by atoms with Crippen LogP contribution in [-0.4, -0.2) is 41.2 Å². The lowest BCUT2D eigenvalue weighted by molar-refractivity contribution is -0.138. The van der Waals surface area contributed by atoms with Gasteiger partial charge in [-0.15, -0.1) is 11.3 Å². The van der Waals surface area contributed by atoms with Crippen molar-refractivity contribution in [3.05, 3.63) is 34.5 Å². The maximum Gasteiger partial charge on any atom is 0.478 e. The fraction of sp³-hybridized carbons (Fsp3) is 0.385. The van der Waals surface area contributed by atoms with E-state index in [4.69, 9.17) is 9.76 Å². The molecule has 6 nitrogen and oxygen atoms in total. The van der Waals surface area contributed by atoms with Crippen LogP contribution in [-0.2, 0) is 20.7 Å². The first-order valence-electron chi connectivity index (χ1n) is 6.58. The fourth-order valence-corrected chi connectivity index (χ4v) is 2.76. The van der Waals surface area contributed by atoms with E-state index in [1.54, 1.807) is 12.2 Å². The number of amides is 1. The maximum absolute atomic E-state index is 11.9. The highest BCUT2D eigenvalue weighted by atomic mass is 32.1. The molecule has 0 saturated carbocycles. The summed E-state index contributed by atoms with van der Waals surface area (Å²) in [6, 6.07) is 3.74. The summed E-state index contributed by atoms with van der Waals surface area (Å²) >= 11 is 1.49. The van der Waals surface area contributed by atoms with Crippen molar-refractivity contribution in [1.82, 2.24) is 5.32 Å². The van der Waals surface area contributed by atoms with Gasteiger partial charge in [0.15, 0.2) is 0 Å². The quantitative estimate of drug-likeness (QED) is 0.547. The molecule has 2 atom stereocenters. The van der Waals surface area contributed by atoms with E-state index in [1.807, 2.05) is 17.5 Å². The minimum Gasteiger partial charge on any atom is -0.481 e. The zero-order valence-electron chi connectivity index (χ0n) is 11.3. The van der Waals surface area contributed by atoms with Gasteiger partial charge in [-0.05, 0) is 17.9 Å². The van der Waals surface area contributed by atoms with Gasteiger partial charge in [0.2, 0.25) is 5.91 Å². The molecule has 0 aliphatic carbocycles. The van der Waals surface area contributed by atoms with Crippen molar-refractivity contribution < 1.29 is 24.4 Å². The molecule has 0 fully saturated rings. The number of rotatable bonds is 5. The largest absolute Gasteiger partial charge is 0.481 e. The van der Waals surface area contributed by atoms with Crippen LogP contribution in [0, 0.1) is 0 Å². The number of thiophene rings is 1. The van der Waals surface area contributed by atoms with Gasteiger partial charge in [-0.2, -0.15) is 0 Å². The highest BCUT2D eigenvalue weighted by Gasteiger charge is 2.32. The van der Waals surface area contributed by atoms with E-state index in [0.717, 1.165) is 4.88 Å². The van der Waals surface area contributed by atoms with Gasteiger partial charge in [-0.3, -0.25) is 9.59 Å². The average molecular weight is 309 g/mol. The Morgan fingerprint density at radius 2 is 2.33 bits per heavy atom. The first kappa shape index (κ1) is 15.7. The summed E-state index contributed by atoms with van der Waals surface area (Å²) in [5.41, 5.74) is 0. The van der Waals surface area contributed by atoms with Crippen LogP contribution < -0.4 is 5.32 Å². The van der Waals surface area contributed by atoms with Crippen LogP contribution in [0.4, 0.5) is 0 Å². The maximum atomic E-state index is 11.9. The Hall–Kier alpha value is -1.64. The van der Waals surface area contributed by atoms with E-state index in [9.17, 15) is 14.6 Å². The molecule has 1 aromatic rings. The Balaban J connectivity index is 1.87. The number of carboxylic acid groups (broad SMARTS) is 1. The summed E-state index contributed by atoms with van der Waals surface area (Å²) in [5, 5.41) is 23.3. The first-order valence-corrected chi connectivity index (χ1v) is 7.46. The van der Waals surface area contributed by atoms with Gasteiger partial charge in [-0.1, -0.05) is 18.2 Å². The van der Waals surface area contributed by atoms with Crippen LogP contribution in [0.2, 0.25) is 0 Å². The zero-order chi connectivity index (χ0) is 15.2. The third kappa shape index (κ3) is 5.00. The van der Waals surface area contributed by atoms with Gasteiger partial charge >= 0.3 is 13.1 Å². The van der Waals surface area contributed by atoms with Crippen molar-refractivity contribution in [3.63, 3.8) is 0 Å². The molecular weight excluding hydrogens is 293 g/mol. The number of hydrogen-bond donors (Lipinski definition) is 3. The molecular formula is C13H16BNO5S. The first-order chi connectivity index (χ1) is 10.0. The van der Waals surface area contributed by atoms with Gasteiger partial charge < -0.3 is 20.1 Å². The number of carboxylic acids is 1. The van der Waals surface area contributed by atoms with E-state index < -0.39 is 25.1 Å². The minimum absolute atomic E-state index is 0.199. The molecule has 0 aromatic carbocycles. The molecule has 1 amide bonds. The van der Waals surface area contributed by atoms with Crippen LogP contribution >= 0.6 is 11.3 Å². The molecule has 2 heterocycles. The molecule has 0 saturated heterocycles. The molecule has 112 valence electrons.